The quantitative estimate of drug-likeness (QED) is 0.625. The number of piperidine rings is 1. The molecule has 11 heteroatoms. The Labute approximate surface area is 201 Å². The molecule has 1 aliphatic heterocycles. The van der Waals surface area contributed by atoms with Crippen LogP contribution in [0.1, 0.15) is 38.7 Å². The van der Waals surface area contributed by atoms with Crippen LogP contribution < -0.4 is 15.4 Å². The lowest BCUT2D eigenvalue weighted by molar-refractivity contribution is 0.0177. The summed E-state index contributed by atoms with van der Waals surface area (Å²) in [7, 11) is 1.30. The van der Waals surface area contributed by atoms with Crippen molar-refractivity contribution in [3.8, 4) is 5.75 Å². The first-order valence-electron chi connectivity index (χ1n) is 10.7. The molecule has 0 saturated carbocycles. The molecule has 184 valence electrons. The van der Waals surface area contributed by atoms with Gasteiger partial charge in [0, 0.05) is 48.9 Å². The van der Waals surface area contributed by atoms with Crippen LogP contribution in [0.5, 0.6) is 5.75 Å². The summed E-state index contributed by atoms with van der Waals surface area (Å²) >= 11 is 5.81. The molecule has 0 spiro atoms. The first kappa shape index (κ1) is 25.5. The third kappa shape index (κ3) is 6.47. The fourth-order valence-corrected chi connectivity index (χ4v) is 3.83. The van der Waals surface area contributed by atoms with Gasteiger partial charge in [-0.1, -0.05) is 11.6 Å². The van der Waals surface area contributed by atoms with Crippen LogP contribution in [0.4, 0.5) is 24.2 Å². The van der Waals surface area contributed by atoms with Gasteiger partial charge in [-0.15, -0.1) is 0 Å². The minimum atomic E-state index is -0.879. The summed E-state index contributed by atoms with van der Waals surface area (Å²) in [6.45, 7) is 5.37. The van der Waals surface area contributed by atoms with E-state index in [1.54, 1.807) is 26.8 Å². The van der Waals surface area contributed by atoms with Crippen molar-refractivity contribution in [1.82, 2.24) is 15.2 Å². The molecule has 8 nitrogen and oxygen atoms in total. The number of halogens is 3. The number of likely N-dealkylation sites (tertiary alicyclic amines) is 1. The van der Waals surface area contributed by atoms with Crippen molar-refractivity contribution in [1.29, 1.82) is 0 Å². The Kier molecular flexibility index (Phi) is 7.81. The largest absolute Gasteiger partial charge is 0.497 e. The van der Waals surface area contributed by atoms with Gasteiger partial charge in [-0.25, -0.2) is 23.4 Å². The summed E-state index contributed by atoms with van der Waals surface area (Å²) in [4.78, 5) is 30.6. The minimum Gasteiger partial charge on any atom is -0.497 e. The van der Waals surface area contributed by atoms with Crippen LogP contribution in [0.2, 0.25) is 5.02 Å². The van der Waals surface area contributed by atoms with E-state index in [2.05, 4.69) is 15.6 Å². The number of amides is 3. The number of carbonyl (C=O) groups excluding carboxylic acids is 2. The van der Waals surface area contributed by atoms with Crippen molar-refractivity contribution in [3.63, 3.8) is 0 Å². The van der Waals surface area contributed by atoms with Crippen molar-refractivity contribution in [2.75, 3.05) is 25.5 Å². The molecule has 1 aromatic heterocycles. The highest BCUT2D eigenvalue weighted by Crippen LogP contribution is 2.34. The molecule has 2 N–H and O–H groups in total. The van der Waals surface area contributed by atoms with Gasteiger partial charge in [-0.3, -0.25) is 5.32 Å². The Bertz CT molecular complexity index is 1020. The number of pyridine rings is 1. The average molecular weight is 497 g/mol. The predicted molar refractivity (Wildman–Crippen MR) is 123 cm³/mol. The lowest BCUT2D eigenvalue weighted by Crippen LogP contribution is -2.53. The van der Waals surface area contributed by atoms with E-state index >= 15 is 0 Å². The smallest absolute Gasteiger partial charge is 0.410 e. The number of rotatable bonds is 4. The third-order valence-electron chi connectivity index (χ3n) is 5.21. The van der Waals surface area contributed by atoms with Crippen LogP contribution in [0.3, 0.4) is 0 Å². The molecule has 2 heterocycles. The predicted octanol–water partition coefficient (Wildman–Crippen LogP) is 4.94. The Morgan fingerprint density at radius 1 is 1.21 bits per heavy atom. The van der Waals surface area contributed by atoms with Gasteiger partial charge in [-0.2, -0.15) is 0 Å². The number of anilines is 1. The van der Waals surface area contributed by atoms with E-state index in [-0.39, 0.29) is 36.6 Å². The maximum atomic E-state index is 15.0. The van der Waals surface area contributed by atoms with Gasteiger partial charge in [0.25, 0.3) is 0 Å². The van der Waals surface area contributed by atoms with E-state index in [9.17, 15) is 18.4 Å². The van der Waals surface area contributed by atoms with Crippen LogP contribution in [0, 0.1) is 11.6 Å². The topological polar surface area (TPSA) is 92.8 Å². The number of nitrogens with zero attached hydrogens (tertiary/aromatic N) is 2. The summed E-state index contributed by atoms with van der Waals surface area (Å²) < 4.78 is 40.3. The Morgan fingerprint density at radius 2 is 1.88 bits per heavy atom. The van der Waals surface area contributed by atoms with E-state index in [1.165, 1.54) is 24.3 Å². The fourth-order valence-electron chi connectivity index (χ4n) is 3.71. The van der Waals surface area contributed by atoms with Gasteiger partial charge >= 0.3 is 12.1 Å². The number of carbonyl (C=O) groups is 2. The lowest BCUT2D eigenvalue weighted by atomic mass is 9.85. The molecule has 1 fully saturated rings. The molecule has 0 aliphatic carbocycles. The number of methoxy groups -OCH3 is 1. The Hall–Kier alpha value is -3.14. The molecule has 1 saturated heterocycles. The zero-order valence-electron chi connectivity index (χ0n) is 19.3. The van der Waals surface area contributed by atoms with Crippen molar-refractivity contribution < 1.29 is 27.8 Å². The van der Waals surface area contributed by atoms with Crippen LogP contribution in [-0.4, -0.2) is 53.9 Å². The summed E-state index contributed by atoms with van der Waals surface area (Å²) in [6, 6.07) is 3.94. The average Bonchev–Trinajstić information content (AvgIpc) is 2.74. The van der Waals surface area contributed by atoms with E-state index in [0.717, 1.165) is 12.1 Å². The highest BCUT2D eigenvalue weighted by Gasteiger charge is 2.38. The van der Waals surface area contributed by atoms with Gasteiger partial charge in [0.1, 0.15) is 28.8 Å². The maximum Gasteiger partial charge on any atom is 0.410 e. The third-order valence-corrected chi connectivity index (χ3v) is 5.43. The second kappa shape index (κ2) is 10.4. The van der Waals surface area contributed by atoms with E-state index in [0.29, 0.717) is 5.02 Å². The summed E-state index contributed by atoms with van der Waals surface area (Å²) in [5.74, 6) is -2.27. The summed E-state index contributed by atoms with van der Waals surface area (Å²) in [5, 5.41) is 5.73. The van der Waals surface area contributed by atoms with Gasteiger partial charge in [-0.05, 0) is 39.3 Å². The first-order chi connectivity index (χ1) is 16.0. The number of aromatic nitrogens is 1. The van der Waals surface area contributed by atoms with E-state index < -0.39 is 41.3 Å². The van der Waals surface area contributed by atoms with Crippen LogP contribution >= 0.6 is 11.6 Å². The zero-order valence-corrected chi connectivity index (χ0v) is 20.1. The lowest BCUT2D eigenvalue weighted by Gasteiger charge is -2.39. The monoisotopic (exact) mass is 496 g/mol. The number of benzene rings is 1. The second-order valence-corrected chi connectivity index (χ2v) is 9.33. The van der Waals surface area contributed by atoms with Crippen LogP contribution in [0.15, 0.2) is 30.5 Å². The minimum absolute atomic E-state index is 0.0228. The Morgan fingerprint density at radius 3 is 2.44 bits per heavy atom. The summed E-state index contributed by atoms with van der Waals surface area (Å²) in [6.07, 6.45) is 1.03. The summed E-state index contributed by atoms with van der Waals surface area (Å²) in [5.41, 5.74) is -0.979. The van der Waals surface area contributed by atoms with E-state index in [1.807, 2.05) is 0 Å². The number of ether oxygens (including phenoxy) is 2. The molecule has 1 aromatic carbocycles. The molecule has 0 radical (unpaired) electrons. The molecule has 3 rings (SSSR count). The normalized spacial score (nSPS) is 18.3. The molecule has 3 amide bonds. The van der Waals surface area contributed by atoms with Crippen molar-refractivity contribution in [2.24, 2.45) is 0 Å². The fraction of sp³-hybridized carbons (Fsp3) is 0.435. The molecular weight excluding hydrogens is 470 g/mol. The molecular formula is C23H27ClF2N4O4. The standard InChI is InChI=1S/C23H27ClF2N4O4/c1-23(2,3)34-22(32)30-8-7-18(28-21(31)29-19-6-5-13(24)11-27-19)15(12-30)20-16(25)9-14(33-4)10-17(20)26/h5-6,9-11,15,18H,7-8,12H2,1-4H3,(H2,27,28,29,31). The van der Waals surface area contributed by atoms with Crippen LogP contribution in [-0.2, 0) is 4.74 Å². The Balaban J connectivity index is 1.85. The number of hydrogen-bond acceptors (Lipinski definition) is 5. The highest BCUT2D eigenvalue weighted by molar-refractivity contribution is 6.30. The first-order valence-corrected chi connectivity index (χ1v) is 11.0. The molecule has 0 bridgehead atoms. The molecule has 1 aliphatic rings. The van der Waals surface area contributed by atoms with Gasteiger partial charge in [0.15, 0.2) is 0 Å². The van der Waals surface area contributed by atoms with Gasteiger partial charge in [0.05, 0.1) is 12.1 Å². The van der Waals surface area contributed by atoms with E-state index in [4.69, 9.17) is 21.1 Å². The maximum absolute atomic E-state index is 15.0. The number of nitrogens with one attached hydrogen (secondary N) is 2. The molecule has 2 aromatic rings. The SMILES string of the molecule is COc1cc(F)c(C2CN(C(=O)OC(C)(C)C)CCC2NC(=O)Nc2ccc(Cl)cn2)c(F)c1. The van der Waals surface area contributed by atoms with Crippen LogP contribution in [0.25, 0.3) is 0 Å². The number of hydrogen-bond donors (Lipinski definition) is 2. The molecule has 2 atom stereocenters. The highest BCUT2D eigenvalue weighted by atomic mass is 35.5. The van der Waals surface area contributed by atoms with Crippen molar-refractivity contribution in [3.05, 3.63) is 52.7 Å². The zero-order chi connectivity index (χ0) is 25.0. The van der Waals surface area contributed by atoms with Gasteiger partial charge in [0.2, 0.25) is 0 Å². The van der Waals surface area contributed by atoms with Crippen molar-refractivity contribution in [2.45, 2.75) is 44.8 Å². The number of urea groups is 1. The second-order valence-electron chi connectivity index (χ2n) is 8.89. The van der Waals surface area contributed by atoms with Gasteiger partial charge < -0.3 is 19.7 Å². The molecule has 2 unspecified atom stereocenters. The van der Waals surface area contributed by atoms with Crippen molar-refractivity contribution >= 4 is 29.5 Å². The molecule has 34 heavy (non-hydrogen) atoms.